The van der Waals surface area contributed by atoms with Gasteiger partial charge in [0.2, 0.25) is 0 Å². The summed E-state index contributed by atoms with van der Waals surface area (Å²) in [5.41, 5.74) is -0.154. The van der Waals surface area contributed by atoms with Gasteiger partial charge in [0, 0.05) is 6.42 Å². The van der Waals surface area contributed by atoms with Crippen LogP contribution in [0.4, 0.5) is 4.79 Å². The van der Waals surface area contributed by atoms with E-state index in [1.54, 1.807) is 12.1 Å². The Labute approximate surface area is 156 Å². The lowest BCUT2D eigenvalue weighted by Gasteiger charge is -2.29. The van der Waals surface area contributed by atoms with Gasteiger partial charge in [0.15, 0.2) is 11.5 Å². The number of nitrogens with zero attached hydrogens (tertiary/aromatic N) is 2. The van der Waals surface area contributed by atoms with Gasteiger partial charge in [-0.05, 0) is 30.5 Å². The van der Waals surface area contributed by atoms with E-state index in [1.807, 2.05) is 0 Å². The van der Waals surface area contributed by atoms with Crippen LogP contribution in [0.15, 0.2) is 17.2 Å². The summed E-state index contributed by atoms with van der Waals surface area (Å²) in [5, 5.41) is 8.27. The highest BCUT2D eigenvalue weighted by atomic mass is 35.5. The molecule has 1 saturated heterocycles. The molecular formula is C18H20ClN3O4. The summed E-state index contributed by atoms with van der Waals surface area (Å²) < 4.78 is 11.2. The monoisotopic (exact) mass is 377 g/mol. The predicted molar refractivity (Wildman–Crippen MR) is 95.8 cm³/mol. The lowest BCUT2D eigenvalue weighted by Crippen LogP contribution is -2.48. The second-order valence-electron chi connectivity index (χ2n) is 6.81. The van der Waals surface area contributed by atoms with E-state index in [1.165, 1.54) is 6.21 Å². The van der Waals surface area contributed by atoms with Crippen molar-refractivity contribution in [2.45, 2.75) is 44.1 Å². The van der Waals surface area contributed by atoms with Crippen LogP contribution in [0.5, 0.6) is 11.5 Å². The Balaban J connectivity index is 1.56. The van der Waals surface area contributed by atoms with Crippen LogP contribution in [0.25, 0.3) is 0 Å². The first-order valence-electron chi connectivity index (χ1n) is 8.89. The molecule has 26 heavy (non-hydrogen) atoms. The molecule has 0 aromatic heterocycles. The topological polar surface area (TPSA) is 80.2 Å². The van der Waals surface area contributed by atoms with Crippen LogP contribution in [0.1, 0.15) is 44.1 Å². The Morgan fingerprint density at radius 1 is 1.12 bits per heavy atom. The zero-order chi connectivity index (χ0) is 18.1. The fraction of sp³-hybridized carbons (Fsp3) is 0.500. The number of imide groups is 1. The first kappa shape index (κ1) is 17.1. The van der Waals surface area contributed by atoms with Crippen molar-refractivity contribution in [1.82, 2.24) is 10.3 Å². The molecule has 2 fully saturated rings. The van der Waals surface area contributed by atoms with Crippen LogP contribution in [0, 0.1) is 0 Å². The molecule has 138 valence electrons. The molecule has 3 aliphatic rings. The first-order chi connectivity index (χ1) is 12.6. The van der Waals surface area contributed by atoms with Crippen LogP contribution < -0.4 is 14.8 Å². The number of carbonyl (C=O) groups excluding carboxylic acids is 2. The van der Waals surface area contributed by atoms with Gasteiger partial charge in [-0.15, -0.1) is 5.01 Å². The molecule has 1 aromatic carbocycles. The maximum absolute atomic E-state index is 12.7. The third-order valence-corrected chi connectivity index (χ3v) is 5.27. The fourth-order valence-corrected chi connectivity index (χ4v) is 3.93. The number of ether oxygens (including phenoxy) is 2. The number of halogens is 1. The quantitative estimate of drug-likeness (QED) is 0.634. The van der Waals surface area contributed by atoms with E-state index in [2.05, 4.69) is 10.4 Å². The Hall–Kier alpha value is -2.28. The van der Waals surface area contributed by atoms with Gasteiger partial charge >= 0.3 is 6.03 Å². The zero-order valence-corrected chi connectivity index (χ0v) is 15.1. The number of nitrogens with one attached hydrogen (secondary N) is 1. The van der Waals surface area contributed by atoms with Crippen molar-refractivity contribution in [2.24, 2.45) is 5.10 Å². The van der Waals surface area contributed by atoms with E-state index in [4.69, 9.17) is 21.1 Å². The van der Waals surface area contributed by atoms with Crippen LogP contribution in [0.2, 0.25) is 5.02 Å². The van der Waals surface area contributed by atoms with Gasteiger partial charge in [-0.1, -0.05) is 30.9 Å². The first-order valence-corrected chi connectivity index (χ1v) is 9.27. The largest absolute Gasteiger partial charge is 0.489 e. The standard InChI is InChI=1S/C18H20ClN3O4/c19-13-9-12(10-14-15(13)26-8-4-7-25-14)11-20-22-16(23)18(21-17(22)24)5-2-1-3-6-18/h9-11H,1-8H2,(H,21,24)/b20-11-. The van der Waals surface area contributed by atoms with Crippen molar-refractivity contribution in [1.29, 1.82) is 0 Å². The molecule has 8 heteroatoms. The average molecular weight is 378 g/mol. The minimum atomic E-state index is -0.783. The van der Waals surface area contributed by atoms with Gasteiger partial charge in [0.25, 0.3) is 5.91 Å². The van der Waals surface area contributed by atoms with E-state index >= 15 is 0 Å². The van der Waals surface area contributed by atoms with E-state index in [0.717, 1.165) is 30.7 Å². The molecule has 0 unspecified atom stereocenters. The minimum absolute atomic E-state index is 0.279. The van der Waals surface area contributed by atoms with Crippen molar-refractivity contribution < 1.29 is 19.1 Å². The van der Waals surface area contributed by atoms with Gasteiger partial charge in [-0.25, -0.2) is 4.79 Å². The van der Waals surface area contributed by atoms with Crippen LogP contribution in [-0.2, 0) is 4.79 Å². The molecule has 4 rings (SSSR count). The summed E-state index contributed by atoms with van der Waals surface area (Å²) in [6.07, 6.45) is 6.50. The Bertz CT molecular complexity index is 774. The summed E-state index contributed by atoms with van der Waals surface area (Å²) in [6.45, 7) is 1.09. The number of hydrogen-bond donors (Lipinski definition) is 1. The van der Waals surface area contributed by atoms with Gasteiger partial charge in [-0.3, -0.25) is 4.79 Å². The number of urea groups is 1. The molecule has 1 saturated carbocycles. The molecule has 0 bridgehead atoms. The predicted octanol–water partition coefficient (Wildman–Crippen LogP) is 3.09. The highest BCUT2D eigenvalue weighted by Gasteiger charge is 2.51. The molecule has 1 N–H and O–H groups in total. The molecular weight excluding hydrogens is 358 g/mol. The molecule has 1 spiro atoms. The van der Waals surface area contributed by atoms with Crippen molar-refractivity contribution in [3.8, 4) is 11.5 Å². The van der Waals surface area contributed by atoms with E-state index in [0.29, 0.717) is 48.1 Å². The highest BCUT2D eigenvalue weighted by Crippen LogP contribution is 2.38. The molecule has 1 aromatic rings. The van der Waals surface area contributed by atoms with E-state index in [9.17, 15) is 9.59 Å². The highest BCUT2D eigenvalue weighted by molar-refractivity contribution is 6.32. The SMILES string of the molecule is O=C1NC2(CCCCC2)C(=O)N1/N=C\c1cc(Cl)c2c(c1)OCCCO2. The maximum atomic E-state index is 12.7. The fourth-order valence-electron chi connectivity index (χ4n) is 3.65. The summed E-state index contributed by atoms with van der Waals surface area (Å²) in [6, 6.07) is 2.94. The van der Waals surface area contributed by atoms with Crippen LogP contribution in [-0.4, -0.2) is 41.9 Å². The Morgan fingerprint density at radius 3 is 2.69 bits per heavy atom. The van der Waals surface area contributed by atoms with Crippen molar-refractivity contribution >= 4 is 29.8 Å². The lowest BCUT2D eigenvalue weighted by atomic mass is 9.82. The zero-order valence-electron chi connectivity index (χ0n) is 14.3. The Kier molecular flexibility index (Phi) is 4.48. The van der Waals surface area contributed by atoms with Crippen molar-refractivity contribution in [3.63, 3.8) is 0 Å². The molecule has 2 heterocycles. The summed E-state index contributed by atoms with van der Waals surface area (Å²) in [4.78, 5) is 25.0. The molecule has 0 radical (unpaired) electrons. The average Bonchev–Trinajstić information content (AvgIpc) is 2.80. The molecule has 0 atom stereocenters. The van der Waals surface area contributed by atoms with Crippen molar-refractivity contribution in [2.75, 3.05) is 13.2 Å². The molecule has 1 aliphatic carbocycles. The second kappa shape index (κ2) is 6.79. The number of amides is 3. The number of fused-ring (bicyclic) bond motifs is 1. The number of benzene rings is 1. The second-order valence-corrected chi connectivity index (χ2v) is 7.22. The summed E-state index contributed by atoms with van der Waals surface area (Å²) >= 11 is 6.26. The Morgan fingerprint density at radius 2 is 1.88 bits per heavy atom. The van der Waals surface area contributed by atoms with Gasteiger partial charge < -0.3 is 14.8 Å². The van der Waals surface area contributed by atoms with Crippen molar-refractivity contribution in [3.05, 3.63) is 22.7 Å². The van der Waals surface area contributed by atoms with E-state index < -0.39 is 11.6 Å². The molecule has 3 amide bonds. The lowest BCUT2D eigenvalue weighted by molar-refractivity contribution is -0.132. The number of hydrogen-bond acceptors (Lipinski definition) is 5. The van der Waals surface area contributed by atoms with E-state index in [-0.39, 0.29) is 5.91 Å². The van der Waals surface area contributed by atoms with Crippen LogP contribution >= 0.6 is 11.6 Å². The molecule has 2 aliphatic heterocycles. The number of hydrazone groups is 1. The smallest absolute Gasteiger partial charge is 0.346 e. The number of carbonyl (C=O) groups is 2. The maximum Gasteiger partial charge on any atom is 0.346 e. The summed E-state index contributed by atoms with van der Waals surface area (Å²) in [5.74, 6) is 0.772. The minimum Gasteiger partial charge on any atom is -0.489 e. The molecule has 7 nitrogen and oxygen atoms in total. The van der Waals surface area contributed by atoms with Gasteiger partial charge in [0.05, 0.1) is 24.5 Å². The van der Waals surface area contributed by atoms with Gasteiger partial charge in [0.1, 0.15) is 5.54 Å². The number of rotatable bonds is 2. The van der Waals surface area contributed by atoms with Crippen LogP contribution in [0.3, 0.4) is 0 Å². The third-order valence-electron chi connectivity index (χ3n) is 4.99. The normalized spacial score (nSPS) is 22.0. The van der Waals surface area contributed by atoms with Gasteiger partial charge in [-0.2, -0.15) is 5.10 Å². The summed E-state index contributed by atoms with van der Waals surface area (Å²) in [7, 11) is 0. The third kappa shape index (κ3) is 3.00.